The van der Waals surface area contributed by atoms with E-state index in [0.717, 1.165) is 57.7 Å². The number of nitrogens with zero attached hydrogens (tertiary/aromatic N) is 3. The normalized spacial score (nSPS) is 17.3. The van der Waals surface area contributed by atoms with E-state index in [4.69, 9.17) is 44.8 Å². The fraction of sp³-hybridized carbons (Fsp3) is 0.273. The van der Waals surface area contributed by atoms with Crippen LogP contribution in [0.1, 0.15) is 40.5 Å². The van der Waals surface area contributed by atoms with Crippen molar-refractivity contribution in [2.45, 2.75) is 57.7 Å². The molecule has 3 aromatic carbocycles. The SMILES string of the molecule is CC1(C)CC(N=c2cc3n(-c4ccc(Cl)cc4)c4ccc(Cl)cc4nc-3cc2Nc2ccc(Cl)cc2)CC(C)(C)N1. The van der Waals surface area contributed by atoms with Crippen molar-refractivity contribution in [3.05, 3.63) is 99.3 Å². The van der Waals surface area contributed by atoms with E-state index in [-0.39, 0.29) is 17.1 Å². The first kappa shape index (κ1) is 28.0. The van der Waals surface area contributed by atoms with Crippen molar-refractivity contribution in [2.24, 2.45) is 4.99 Å². The summed E-state index contributed by atoms with van der Waals surface area (Å²) in [5.74, 6) is 0. The maximum atomic E-state index is 6.41. The molecular weight excluding hydrogens is 573 g/mol. The Balaban J connectivity index is 1.62. The van der Waals surface area contributed by atoms with E-state index in [9.17, 15) is 0 Å². The van der Waals surface area contributed by atoms with Crippen LogP contribution in [-0.2, 0) is 0 Å². The average molecular weight is 605 g/mol. The third kappa shape index (κ3) is 6.09. The van der Waals surface area contributed by atoms with Gasteiger partial charge >= 0.3 is 0 Å². The fourth-order valence-electron chi connectivity index (χ4n) is 6.19. The Hall–Kier alpha value is -3.09. The highest BCUT2D eigenvalue weighted by Gasteiger charge is 2.37. The van der Waals surface area contributed by atoms with Gasteiger partial charge in [0.2, 0.25) is 0 Å². The molecular formula is C33H32Cl3N5. The summed E-state index contributed by atoms with van der Waals surface area (Å²) in [6.07, 6.45) is 1.86. The van der Waals surface area contributed by atoms with E-state index in [1.54, 1.807) is 0 Å². The van der Waals surface area contributed by atoms with E-state index >= 15 is 0 Å². The third-order valence-electron chi connectivity index (χ3n) is 7.45. The molecule has 5 nitrogen and oxygen atoms in total. The van der Waals surface area contributed by atoms with Crippen LogP contribution in [0, 0.1) is 0 Å². The molecule has 1 fully saturated rings. The van der Waals surface area contributed by atoms with Crippen molar-refractivity contribution in [1.82, 2.24) is 14.9 Å². The number of benzene rings is 4. The molecule has 0 spiro atoms. The second-order valence-corrected chi connectivity index (χ2v) is 13.4. The lowest BCUT2D eigenvalue weighted by atomic mass is 9.80. The molecule has 1 saturated heterocycles. The number of halogens is 3. The van der Waals surface area contributed by atoms with Crippen LogP contribution in [0.4, 0.5) is 11.4 Å². The number of piperidine rings is 1. The van der Waals surface area contributed by atoms with Crippen LogP contribution in [0.3, 0.4) is 0 Å². The quantitative estimate of drug-likeness (QED) is 0.201. The largest absolute Gasteiger partial charge is 0.354 e. The molecule has 2 aliphatic heterocycles. The highest BCUT2D eigenvalue weighted by atomic mass is 35.5. The minimum absolute atomic E-state index is 0.0310. The molecule has 2 heterocycles. The molecule has 0 aromatic heterocycles. The van der Waals surface area contributed by atoms with Crippen LogP contribution in [0.5, 0.6) is 0 Å². The highest BCUT2D eigenvalue weighted by molar-refractivity contribution is 6.31. The molecule has 3 aromatic rings. The lowest BCUT2D eigenvalue weighted by Crippen LogP contribution is -2.59. The number of aromatic nitrogens is 2. The number of nitrogens with one attached hydrogen (secondary N) is 2. The number of anilines is 2. The lowest BCUT2D eigenvalue weighted by Gasteiger charge is -2.45. The van der Waals surface area contributed by atoms with E-state index in [0.29, 0.717) is 15.1 Å². The van der Waals surface area contributed by atoms with Gasteiger partial charge in [-0.3, -0.25) is 4.99 Å². The molecule has 0 amide bonds. The molecule has 0 radical (unpaired) electrons. The minimum Gasteiger partial charge on any atom is -0.354 e. The first-order valence-corrected chi connectivity index (χ1v) is 14.9. The summed E-state index contributed by atoms with van der Waals surface area (Å²) in [5.41, 5.74) is 6.21. The molecule has 0 unspecified atom stereocenters. The van der Waals surface area contributed by atoms with Crippen molar-refractivity contribution >= 4 is 57.2 Å². The molecule has 3 aliphatic rings. The maximum absolute atomic E-state index is 6.41. The zero-order chi connectivity index (χ0) is 28.9. The number of hydrogen-bond acceptors (Lipinski definition) is 4. The zero-order valence-electron chi connectivity index (χ0n) is 23.5. The Labute approximate surface area is 255 Å². The molecule has 2 N–H and O–H groups in total. The smallest absolute Gasteiger partial charge is 0.0900 e. The van der Waals surface area contributed by atoms with E-state index in [2.05, 4.69) is 55.0 Å². The van der Waals surface area contributed by atoms with Gasteiger partial charge in [0.25, 0.3) is 0 Å². The maximum Gasteiger partial charge on any atom is 0.0900 e. The van der Waals surface area contributed by atoms with Gasteiger partial charge in [0.05, 0.1) is 39.5 Å². The van der Waals surface area contributed by atoms with Crippen molar-refractivity contribution in [3.8, 4) is 17.1 Å². The van der Waals surface area contributed by atoms with Gasteiger partial charge in [0.15, 0.2) is 0 Å². The molecule has 8 heteroatoms. The van der Waals surface area contributed by atoms with Crippen LogP contribution in [-0.4, -0.2) is 26.7 Å². The number of fused-ring (bicyclic) bond motifs is 2. The van der Waals surface area contributed by atoms with Gasteiger partial charge in [0, 0.05) is 37.5 Å². The first-order valence-electron chi connectivity index (χ1n) is 13.7. The molecule has 0 atom stereocenters. The van der Waals surface area contributed by atoms with Gasteiger partial charge in [-0.2, -0.15) is 0 Å². The van der Waals surface area contributed by atoms with Crippen LogP contribution < -0.4 is 16.0 Å². The molecule has 0 saturated carbocycles. The second kappa shape index (κ2) is 10.6. The molecule has 6 rings (SSSR count). The summed E-state index contributed by atoms with van der Waals surface area (Å²) < 4.78 is 2.20. The van der Waals surface area contributed by atoms with E-state index in [1.165, 1.54) is 0 Å². The number of hydrogen-bond donors (Lipinski definition) is 2. The van der Waals surface area contributed by atoms with Crippen LogP contribution in [0.25, 0.3) is 28.1 Å². The highest BCUT2D eigenvalue weighted by Crippen LogP contribution is 2.34. The molecule has 0 bridgehead atoms. The Kier molecular flexibility index (Phi) is 7.27. The molecule has 1 aliphatic carbocycles. The van der Waals surface area contributed by atoms with Gasteiger partial charge in [0.1, 0.15) is 0 Å². The summed E-state index contributed by atoms with van der Waals surface area (Å²) in [6.45, 7) is 9.00. The van der Waals surface area contributed by atoms with Gasteiger partial charge in [-0.25, -0.2) is 4.98 Å². The van der Waals surface area contributed by atoms with Crippen LogP contribution in [0.15, 0.2) is 83.9 Å². The zero-order valence-corrected chi connectivity index (χ0v) is 25.7. The van der Waals surface area contributed by atoms with Crippen LogP contribution >= 0.6 is 34.8 Å². The molecule has 210 valence electrons. The summed E-state index contributed by atoms with van der Waals surface area (Å²) in [4.78, 5) is 10.5. The van der Waals surface area contributed by atoms with Gasteiger partial charge in [-0.05, 0) is 119 Å². The summed E-state index contributed by atoms with van der Waals surface area (Å²) >= 11 is 18.9. The van der Waals surface area contributed by atoms with Crippen molar-refractivity contribution in [3.63, 3.8) is 0 Å². The summed E-state index contributed by atoms with van der Waals surface area (Å²) in [7, 11) is 0. The van der Waals surface area contributed by atoms with Crippen LogP contribution in [0.2, 0.25) is 15.1 Å². The summed E-state index contributed by atoms with van der Waals surface area (Å²) in [5, 5.41) is 10.2. The van der Waals surface area contributed by atoms with Crippen molar-refractivity contribution in [2.75, 3.05) is 5.32 Å². The standard InChI is InChI=1S/C33H32Cl3N5/c1-32(2)18-24(19-33(3,4)40-32)38-27-17-31-29(16-26(27)37-23-10-5-20(34)6-11-23)39-28-15-22(36)9-14-30(28)41(31)25-12-7-21(35)8-13-25/h5-17,24,37,40H,18-19H2,1-4H3. The minimum atomic E-state index is -0.0310. The molecule has 41 heavy (non-hydrogen) atoms. The predicted molar refractivity (Wildman–Crippen MR) is 172 cm³/mol. The first-order chi connectivity index (χ1) is 19.4. The third-order valence-corrected chi connectivity index (χ3v) is 8.19. The number of rotatable bonds is 4. The topological polar surface area (TPSA) is 54.2 Å². The van der Waals surface area contributed by atoms with Gasteiger partial charge in [-0.15, -0.1) is 0 Å². The Morgan fingerprint density at radius 1 is 0.805 bits per heavy atom. The predicted octanol–water partition coefficient (Wildman–Crippen LogP) is 9.04. The fourth-order valence-corrected chi connectivity index (χ4v) is 6.61. The monoisotopic (exact) mass is 603 g/mol. The van der Waals surface area contributed by atoms with E-state index < -0.39 is 0 Å². The lowest BCUT2D eigenvalue weighted by molar-refractivity contribution is 0.163. The average Bonchev–Trinajstić information content (AvgIpc) is 2.88. The summed E-state index contributed by atoms with van der Waals surface area (Å²) in [6, 6.07) is 25.7. The van der Waals surface area contributed by atoms with Crippen molar-refractivity contribution in [1.29, 1.82) is 0 Å². The van der Waals surface area contributed by atoms with Crippen molar-refractivity contribution < 1.29 is 0 Å². The Morgan fingerprint density at radius 2 is 1.41 bits per heavy atom. The Bertz CT molecular complexity index is 1760. The van der Waals surface area contributed by atoms with E-state index in [1.807, 2.05) is 66.7 Å². The second-order valence-electron chi connectivity index (χ2n) is 12.1. The van der Waals surface area contributed by atoms with Gasteiger partial charge in [-0.1, -0.05) is 34.8 Å². The van der Waals surface area contributed by atoms with Gasteiger partial charge < -0.3 is 15.2 Å². The Morgan fingerprint density at radius 3 is 2.07 bits per heavy atom.